The molecule has 1 aliphatic heterocycles. The van der Waals surface area contributed by atoms with Crippen molar-refractivity contribution in [3.63, 3.8) is 0 Å². The van der Waals surface area contributed by atoms with Gasteiger partial charge >= 0.3 is 5.97 Å². The molecule has 0 radical (unpaired) electrons. The third-order valence-electron chi connectivity index (χ3n) is 2.31. The maximum atomic E-state index is 10.9. The summed E-state index contributed by atoms with van der Waals surface area (Å²) in [7, 11) is 0. The summed E-state index contributed by atoms with van der Waals surface area (Å²) in [6.07, 6.45) is -5.27. The minimum absolute atomic E-state index is 0.106. The lowest BCUT2D eigenvalue weighted by Gasteiger charge is -2.24. The fraction of sp³-hybridized carbons (Fsp3) is 0.667. The normalized spacial score (nSPS) is 27.3. The van der Waals surface area contributed by atoms with E-state index in [9.17, 15) is 15.0 Å². The predicted molar refractivity (Wildman–Crippen MR) is 48.7 cm³/mol. The largest absolute Gasteiger partial charge is 0.456 e. The van der Waals surface area contributed by atoms with Gasteiger partial charge in [-0.3, -0.25) is 0 Å². The highest BCUT2D eigenvalue weighted by molar-refractivity contribution is 5.89. The number of cyclic esters (lactones) is 1. The Hall–Kier alpha value is -0.950. The lowest BCUT2D eigenvalue weighted by atomic mass is 10.0. The number of rotatable bonds is 4. The van der Waals surface area contributed by atoms with Gasteiger partial charge in [0.15, 0.2) is 0 Å². The molecule has 1 saturated heterocycles. The van der Waals surface area contributed by atoms with Gasteiger partial charge in [0.1, 0.15) is 24.4 Å². The van der Waals surface area contributed by atoms with Crippen LogP contribution in [0.4, 0.5) is 0 Å². The van der Waals surface area contributed by atoms with Crippen molar-refractivity contribution < 1.29 is 30.0 Å². The van der Waals surface area contributed by atoms with Crippen LogP contribution >= 0.6 is 0 Å². The molecule has 0 spiro atoms. The summed E-state index contributed by atoms with van der Waals surface area (Å²) < 4.78 is 4.71. The third kappa shape index (κ3) is 2.54. The monoisotopic (exact) mass is 218 g/mol. The molecular weight excluding hydrogens is 204 g/mol. The van der Waals surface area contributed by atoms with Crippen LogP contribution in [0.25, 0.3) is 0 Å². The molecule has 0 bridgehead atoms. The maximum absolute atomic E-state index is 10.9. The van der Waals surface area contributed by atoms with E-state index in [0.717, 1.165) is 0 Å². The second-order valence-electron chi connectivity index (χ2n) is 3.48. The molecule has 1 aliphatic rings. The Balaban J connectivity index is 2.58. The number of carbonyl (C=O) groups excluding carboxylic acids is 1. The van der Waals surface area contributed by atoms with Crippen molar-refractivity contribution >= 4 is 5.97 Å². The quantitative estimate of drug-likeness (QED) is 0.319. The van der Waals surface area contributed by atoms with E-state index in [0.29, 0.717) is 0 Å². The van der Waals surface area contributed by atoms with Gasteiger partial charge in [-0.15, -0.1) is 0 Å². The van der Waals surface area contributed by atoms with E-state index in [4.69, 9.17) is 14.9 Å². The lowest BCUT2D eigenvalue weighted by molar-refractivity contribution is -0.153. The zero-order valence-corrected chi connectivity index (χ0v) is 8.04. The summed E-state index contributed by atoms with van der Waals surface area (Å²) in [5, 5.41) is 36.5. The summed E-state index contributed by atoms with van der Waals surface area (Å²) in [4.78, 5) is 10.9. The molecule has 1 fully saturated rings. The average molecular weight is 218 g/mol. The molecule has 1 rings (SSSR count). The average Bonchev–Trinajstić information content (AvgIpc) is 2.56. The predicted octanol–water partition coefficient (Wildman–Crippen LogP) is -2.07. The molecule has 0 aliphatic carbocycles. The fourth-order valence-corrected chi connectivity index (χ4v) is 1.33. The first-order valence-corrected chi connectivity index (χ1v) is 4.51. The second kappa shape index (κ2) is 4.71. The molecule has 0 aromatic carbocycles. The molecule has 4 atom stereocenters. The highest BCUT2D eigenvalue weighted by atomic mass is 16.6. The molecule has 1 heterocycles. The molecule has 0 saturated carbocycles. The smallest absolute Gasteiger partial charge is 0.333 e. The molecule has 4 N–H and O–H groups in total. The van der Waals surface area contributed by atoms with E-state index >= 15 is 0 Å². The van der Waals surface area contributed by atoms with Gasteiger partial charge in [0, 0.05) is 12.0 Å². The first-order valence-electron chi connectivity index (χ1n) is 4.51. The number of aliphatic hydroxyl groups is 4. The van der Waals surface area contributed by atoms with E-state index in [1.807, 2.05) is 0 Å². The zero-order chi connectivity index (χ0) is 11.6. The summed E-state index contributed by atoms with van der Waals surface area (Å²) in [6.45, 7) is 2.73. The number of esters is 1. The SMILES string of the molecule is C=C1C[C@@H]([C@@H](O)[C@H](O)[C@H](O)CO)OC1=O. The van der Waals surface area contributed by atoms with Gasteiger partial charge in [-0.05, 0) is 0 Å². The molecule has 15 heavy (non-hydrogen) atoms. The van der Waals surface area contributed by atoms with Crippen molar-refractivity contribution in [2.75, 3.05) is 6.61 Å². The second-order valence-corrected chi connectivity index (χ2v) is 3.48. The topological polar surface area (TPSA) is 107 Å². The molecule has 0 amide bonds. The Morgan fingerprint density at radius 2 is 2.07 bits per heavy atom. The standard InChI is InChI=1S/C9H14O6/c1-4-2-6(15-9(4)14)8(13)7(12)5(11)3-10/h5-8,10-13H,1-3H2/t5-,6+,7-,8-/m1/s1. The number of carbonyl (C=O) groups is 1. The lowest BCUT2D eigenvalue weighted by Crippen LogP contribution is -2.45. The van der Waals surface area contributed by atoms with Gasteiger partial charge in [0.05, 0.1) is 6.61 Å². The third-order valence-corrected chi connectivity index (χ3v) is 2.31. The van der Waals surface area contributed by atoms with Crippen LogP contribution in [-0.2, 0) is 9.53 Å². The number of hydrogen-bond donors (Lipinski definition) is 4. The van der Waals surface area contributed by atoms with Crippen LogP contribution in [0.3, 0.4) is 0 Å². The van der Waals surface area contributed by atoms with Crippen molar-refractivity contribution in [3.8, 4) is 0 Å². The van der Waals surface area contributed by atoms with Crippen LogP contribution in [0.2, 0.25) is 0 Å². The van der Waals surface area contributed by atoms with E-state index in [2.05, 4.69) is 6.58 Å². The van der Waals surface area contributed by atoms with Crippen molar-refractivity contribution in [3.05, 3.63) is 12.2 Å². The van der Waals surface area contributed by atoms with Gasteiger partial charge in [-0.2, -0.15) is 0 Å². The highest BCUT2D eigenvalue weighted by Gasteiger charge is 2.38. The molecular formula is C9H14O6. The van der Waals surface area contributed by atoms with E-state index in [-0.39, 0.29) is 12.0 Å². The zero-order valence-electron chi connectivity index (χ0n) is 8.04. The van der Waals surface area contributed by atoms with Gasteiger partial charge in [-0.1, -0.05) is 6.58 Å². The van der Waals surface area contributed by atoms with Crippen LogP contribution in [0.5, 0.6) is 0 Å². The summed E-state index contributed by atoms with van der Waals surface area (Å²) >= 11 is 0. The summed E-state index contributed by atoms with van der Waals surface area (Å²) in [6, 6.07) is 0. The minimum Gasteiger partial charge on any atom is -0.456 e. The van der Waals surface area contributed by atoms with Crippen molar-refractivity contribution in [1.82, 2.24) is 0 Å². The van der Waals surface area contributed by atoms with Gasteiger partial charge in [-0.25, -0.2) is 4.79 Å². The van der Waals surface area contributed by atoms with Crippen LogP contribution in [0.15, 0.2) is 12.2 Å². The van der Waals surface area contributed by atoms with E-state index < -0.39 is 37.0 Å². The Labute approximate surface area is 86.4 Å². The molecule has 0 aromatic rings. The molecule has 6 heteroatoms. The van der Waals surface area contributed by atoms with Crippen LogP contribution in [-0.4, -0.2) is 57.4 Å². The highest BCUT2D eigenvalue weighted by Crippen LogP contribution is 2.23. The van der Waals surface area contributed by atoms with E-state index in [1.165, 1.54) is 0 Å². The van der Waals surface area contributed by atoms with Crippen molar-refractivity contribution in [1.29, 1.82) is 0 Å². The first-order chi connectivity index (χ1) is 6.97. The van der Waals surface area contributed by atoms with Crippen molar-refractivity contribution in [2.45, 2.75) is 30.8 Å². The Morgan fingerprint density at radius 1 is 1.47 bits per heavy atom. The summed E-state index contributed by atoms with van der Waals surface area (Å²) in [5.74, 6) is -0.621. The maximum Gasteiger partial charge on any atom is 0.333 e. The van der Waals surface area contributed by atoms with Crippen LogP contribution < -0.4 is 0 Å². The number of ether oxygens (including phenoxy) is 1. The minimum atomic E-state index is -1.56. The van der Waals surface area contributed by atoms with Gasteiger partial charge in [0.25, 0.3) is 0 Å². The summed E-state index contributed by atoms with van der Waals surface area (Å²) in [5.41, 5.74) is 0.213. The van der Waals surface area contributed by atoms with E-state index in [1.54, 1.807) is 0 Å². The molecule has 0 aromatic heterocycles. The molecule has 6 nitrogen and oxygen atoms in total. The van der Waals surface area contributed by atoms with Crippen LogP contribution in [0, 0.1) is 0 Å². The van der Waals surface area contributed by atoms with Gasteiger partial charge in [0.2, 0.25) is 0 Å². The first kappa shape index (κ1) is 12.1. The molecule has 0 unspecified atom stereocenters. The Kier molecular flexibility index (Phi) is 3.81. The Bertz CT molecular complexity index is 247. The number of hydrogen-bond acceptors (Lipinski definition) is 6. The van der Waals surface area contributed by atoms with Crippen LogP contribution in [0.1, 0.15) is 6.42 Å². The number of aliphatic hydroxyl groups excluding tert-OH is 4. The fourth-order valence-electron chi connectivity index (χ4n) is 1.33. The molecule has 86 valence electrons. The Morgan fingerprint density at radius 3 is 2.47 bits per heavy atom. The van der Waals surface area contributed by atoms with Crippen molar-refractivity contribution in [2.24, 2.45) is 0 Å². The van der Waals surface area contributed by atoms with Gasteiger partial charge < -0.3 is 25.2 Å².